The first-order valence-electron chi connectivity index (χ1n) is 7.85. The SMILES string of the molecule is CC(C)(C)ON=O.Clc1nc2ccc(Br)nc2s1.Nc1nc2ccc(Br)nc2s1. The molecule has 0 aromatic carbocycles. The highest BCUT2D eigenvalue weighted by Gasteiger charge is 2.09. The molecule has 0 aliphatic rings. The third kappa shape index (κ3) is 8.05. The van der Waals surface area contributed by atoms with Gasteiger partial charge in [0, 0.05) is 0 Å². The fourth-order valence-electron chi connectivity index (χ4n) is 1.69. The van der Waals surface area contributed by atoms with Gasteiger partial charge in [0.1, 0.15) is 35.5 Å². The van der Waals surface area contributed by atoms with E-state index in [1.807, 2.05) is 24.3 Å². The number of fused-ring (bicyclic) bond motifs is 2. The average molecular weight is 583 g/mol. The number of hydrogen-bond donors (Lipinski definition) is 1. The molecule has 2 N–H and O–H groups in total. The summed E-state index contributed by atoms with van der Waals surface area (Å²) in [7, 11) is 0. The van der Waals surface area contributed by atoms with Crippen LogP contribution in [0.1, 0.15) is 20.8 Å². The molecule has 4 rings (SSSR count). The molecule has 0 bridgehead atoms. The van der Waals surface area contributed by atoms with Crippen LogP contribution in [0.4, 0.5) is 5.13 Å². The molecule has 0 fully saturated rings. The normalized spacial score (nSPS) is 10.7. The molecule has 0 aliphatic heterocycles. The highest BCUT2D eigenvalue weighted by atomic mass is 79.9. The molecule has 4 aromatic heterocycles. The van der Waals surface area contributed by atoms with E-state index < -0.39 is 5.60 Å². The number of halogens is 3. The molecule has 0 saturated carbocycles. The summed E-state index contributed by atoms with van der Waals surface area (Å²) in [6, 6.07) is 7.47. The minimum atomic E-state index is -0.429. The van der Waals surface area contributed by atoms with Crippen molar-refractivity contribution < 1.29 is 4.84 Å². The smallest absolute Gasteiger partial charge is 0.186 e. The van der Waals surface area contributed by atoms with E-state index in [1.54, 1.807) is 20.8 Å². The van der Waals surface area contributed by atoms with E-state index in [9.17, 15) is 4.91 Å². The Hall–Kier alpha value is -1.47. The standard InChI is InChI=1S/C6H2BrClN2S.C6H4BrN3S.C4H9NO2/c2*7-4-2-1-3-5(10-4)11-6(8)9-3;1-4(2,3)7-5-6/h1-2H;1-2H,(H2,8,9);1-3H3. The van der Waals surface area contributed by atoms with Gasteiger partial charge in [-0.1, -0.05) is 34.3 Å². The molecule has 13 heteroatoms. The first-order valence-corrected chi connectivity index (χ1v) is 11.4. The number of anilines is 1. The van der Waals surface area contributed by atoms with E-state index in [-0.39, 0.29) is 0 Å². The Morgan fingerprint density at radius 1 is 0.966 bits per heavy atom. The van der Waals surface area contributed by atoms with Crippen molar-refractivity contribution in [1.29, 1.82) is 0 Å². The molecule has 0 saturated heterocycles. The zero-order chi connectivity index (χ0) is 21.6. The van der Waals surface area contributed by atoms with Crippen molar-refractivity contribution in [3.05, 3.63) is 42.8 Å². The van der Waals surface area contributed by atoms with Crippen molar-refractivity contribution in [1.82, 2.24) is 19.9 Å². The maximum atomic E-state index is 9.35. The lowest BCUT2D eigenvalue weighted by atomic mass is 10.2. The van der Waals surface area contributed by atoms with Gasteiger partial charge in [-0.05, 0) is 76.9 Å². The number of thiazole rings is 2. The topological polar surface area (TPSA) is 116 Å². The van der Waals surface area contributed by atoms with Gasteiger partial charge in [0.25, 0.3) is 0 Å². The molecule has 0 radical (unpaired) electrons. The average Bonchev–Trinajstić information content (AvgIpc) is 3.14. The van der Waals surface area contributed by atoms with Crippen molar-refractivity contribution in [2.75, 3.05) is 5.73 Å². The van der Waals surface area contributed by atoms with Crippen LogP contribution in [-0.2, 0) is 4.84 Å². The lowest BCUT2D eigenvalue weighted by Crippen LogP contribution is -2.14. The molecule has 154 valence electrons. The van der Waals surface area contributed by atoms with Gasteiger partial charge in [0.2, 0.25) is 0 Å². The number of aromatic nitrogens is 4. The van der Waals surface area contributed by atoms with E-state index in [4.69, 9.17) is 17.3 Å². The Kier molecular flexibility index (Phi) is 8.64. The monoisotopic (exact) mass is 580 g/mol. The summed E-state index contributed by atoms with van der Waals surface area (Å²) >= 11 is 15.0. The lowest BCUT2D eigenvalue weighted by molar-refractivity contribution is -0.00229. The van der Waals surface area contributed by atoms with Crippen LogP contribution in [0.15, 0.2) is 38.8 Å². The van der Waals surface area contributed by atoms with E-state index in [2.05, 4.69) is 62.0 Å². The molecule has 4 aromatic rings. The van der Waals surface area contributed by atoms with Crippen LogP contribution in [0.5, 0.6) is 0 Å². The maximum Gasteiger partial charge on any atom is 0.186 e. The van der Waals surface area contributed by atoms with E-state index in [0.717, 1.165) is 29.9 Å². The van der Waals surface area contributed by atoms with Gasteiger partial charge in [0.05, 0.1) is 0 Å². The highest BCUT2D eigenvalue weighted by Crippen LogP contribution is 2.25. The summed E-state index contributed by atoms with van der Waals surface area (Å²) in [5.41, 5.74) is 6.77. The lowest BCUT2D eigenvalue weighted by Gasteiger charge is -2.11. The fraction of sp³-hybridized carbons (Fsp3) is 0.250. The molecule has 4 heterocycles. The van der Waals surface area contributed by atoms with Crippen molar-refractivity contribution in [3.63, 3.8) is 0 Å². The van der Waals surface area contributed by atoms with Gasteiger partial charge in [-0.2, -0.15) is 0 Å². The molecule has 0 spiro atoms. The fourth-order valence-corrected chi connectivity index (χ4v) is 4.23. The van der Waals surface area contributed by atoms with Crippen LogP contribution in [0.25, 0.3) is 20.7 Å². The van der Waals surface area contributed by atoms with Crippen molar-refractivity contribution in [3.8, 4) is 0 Å². The largest absolute Gasteiger partial charge is 0.375 e. The Balaban J connectivity index is 0.000000161. The van der Waals surface area contributed by atoms with Crippen LogP contribution in [-0.4, -0.2) is 25.5 Å². The minimum absolute atomic E-state index is 0.429. The highest BCUT2D eigenvalue weighted by molar-refractivity contribution is 9.10. The number of nitrogens with zero attached hydrogens (tertiary/aromatic N) is 5. The summed E-state index contributed by atoms with van der Waals surface area (Å²) in [6.07, 6.45) is 0. The second-order valence-electron chi connectivity index (χ2n) is 6.21. The molecular formula is C16H15Br2ClN6O2S2. The number of pyridine rings is 2. The second-order valence-corrected chi connectivity index (χ2v) is 10.4. The number of nitrogen functional groups attached to an aromatic ring is 1. The summed E-state index contributed by atoms with van der Waals surface area (Å²) in [4.78, 5) is 31.9. The van der Waals surface area contributed by atoms with Gasteiger partial charge in [0.15, 0.2) is 14.9 Å². The molecule has 29 heavy (non-hydrogen) atoms. The van der Waals surface area contributed by atoms with Gasteiger partial charge in [-0.3, -0.25) is 0 Å². The van der Waals surface area contributed by atoms with Gasteiger partial charge in [-0.15, -0.1) is 4.91 Å². The molecule has 0 atom stereocenters. The van der Waals surface area contributed by atoms with Crippen LogP contribution in [0.2, 0.25) is 4.47 Å². The first kappa shape index (κ1) is 23.8. The van der Waals surface area contributed by atoms with Crippen LogP contribution >= 0.6 is 66.1 Å². The number of rotatable bonds is 1. The summed E-state index contributed by atoms with van der Waals surface area (Å²) in [5.74, 6) is 0. The molecule has 0 aliphatic carbocycles. The predicted molar refractivity (Wildman–Crippen MR) is 126 cm³/mol. The first-order chi connectivity index (χ1) is 13.6. The Bertz CT molecular complexity index is 1040. The van der Waals surface area contributed by atoms with Crippen LogP contribution in [0, 0.1) is 4.91 Å². The molecule has 0 unspecified atom stereocenters. The quantitative estimate of drug-likeness (QED) is 0.152. The third-order valence-corrected chi connectivity index (χ3v) is 5.49. The summed E-state index contributed by atoms with van der Waals surface area (Å²) in [6.45, 7) is 5.28. The maximum absolute atomic E-state index is 9.35. The zero-order valence-corrected chi connectivity index (χ0v) is 21.0. The van der Waals surface area contributed by atoms with Gasteiger partial charge < -0.3 is 10.6 Å². The van der Waals surface area contributed by atoms with Crippen LogP contribution in [0.3, 0.4) is 0 Å². The molecule has 0 amide bonds. The second kappa shape index (κ2) is 10.5. The van der Waals surface area contributed by atoms with Crippen molar-refractivity contribution in [2.24, 2.45) is 5.34 Å². The van der Waals surface area contributed by atoms with Gasteiger partial charge in [-0.25, -0.2) is 19.9 Å². The van der Waals surface area contributed by atoms with E-state index >= 15 is 0 Å². The Morgan fingerprint density at radius 2 is 1.48 bits per heavy atom. The van der Waals surface area contributed by atoms with E-state index in [1.165, 1.54) is 22.7 Å². The Labute approximate surface area is 196 Å². The Morgan fingerprint density at radius 3 is 1.97 bits per heavy atom. The predicted octanol–water partition coefficient (Wildman–Crippen LogP) is 6.63. The van der Waals surface area contributed by atoms with E-state index in [0.29, 0.717) is 9.60 Å². The number of nitrogens with two attached hydrogens (primary N) is 1. The number of hydrogen-bond acceptors (Lipinski definition) is 10. The molecule has 8 nitrogen and oxygen atoms in total. The zero-order valence-electron chi connectivity index (χ0n) is 15.4. The minimum Gasteiger partial charge on any atom is -0.375 e. The van der Waals surface area contributed by atoms with Gasteiger partial charge >= 0.3 is 0 Å². The van der Waals surface area contributed by atoms with Crippen LogP contribution < -0.4 is 5.73 Å². The summed E-state index contributed by atoms with van der Waals surface area (Å²) in [5, 5.41) is 2.82. The summed E-state index contributed by atoms with van der Waals surface area (Å²) < 4.78 is 2.16. The van der Waals surface area contributed by atoms with Crippen molar-refractivity contribution >= 4 is 92.0 Å². The third-order valence-electron chi connectivity index (χ3n) is 2.74. The van der Waals surface area contributed by atoms with Crippen molar-refractivity contribution in [2.45, 2.75) is 26.4 Å². The molecular weight excluding hydrogens is 568 g/mol.